The van der Waals surface area contributed by atoms with Crippen LogP contribution < -0.4 is 9.46 Å². The smallest absolute Gasteiger partial charge is 0.244 e. The topological polar surface area (TPSA) is 81.2 Å². The number of nitrogens with one attached hydrogen (secondary N) is 1. The van der Waals surface area contributed by atoms with Gasteiger partial charge in [-0.15, -0.1) is 0 Å². The van der Waals surface area contributed by atoms with Crippen molar-refractivity contribution in [3.8, 4) is 17.0 Å². The molecule has 2 heterocycles. The van der Waals surface area contributed by atoms with Crippen LogP contribution in [0.5, 0.6) is 5.75 Å². The molecule has 0 aliphatic carbocycles. The minimum absolute atomic E-state index is 0.126. The lowest BCUT2D eigenvalue weighted by atomic mass is 10.1. The number of aromatic nitrogens is 2. The van der Waals surface area contributed by atoms with Crippen molar-refractivity contribution in [1.29, 1.82) is 0 Å². The van der Waals surface area contributed by atoms with E-state index in [0.717, 1.165) is 22.4 Å². The van der Waals surface area contributed by atoms with Crippen LogP contribution in [0.1, 0.15) is 11.1 Å². The Morgan fingerprint density at radius 3 is 2.69 bits per heavy atom. The quantitative estimate of drug-likeness (QED) is 0.722. The molecule has 3 aromatic rings. The average molecular weight is 369 g/mol. The van der Waals surface area contributed by atoms with Gasteiger partial charge in [0.05, 0.1) is 12.8 Å². The molecule has 0 atom stereocenters. The predicted octanol–water partition coefficient (Wildman–Crippen LogP) is 2.94. The number of benzene rings is 1. The van der Waals surface area contributed by atoms with E-state index in [1.807, 2.05) is 25.1 Å². The fourth-order valence-electron chi connectivity index (χ4n) is 2.51. The molecule has 0 fully saturated rings. The van der Waals surface area contributed by atoms with E-state index in [0.29, 0.717) is 5.75 Å². The zero-order valence-corrected chi connectivity index (χ0v) is 15.3. The normalized spacial score (nSPS) is 11.3. The van der Waals surface area contributed by atoms with Crippen molar-refractivity contribution in [1.82, 2.24) is 14.7 Å². The van der Waals surface area contributed by atoms with Crippen LogP contribution in [-0.4, -0.2) is 25.5 Å². The van der Waals surface area contributed by atoms with Crippen molar-refractivity contribution in [3.05, 3.63) is 72.2 Å². The van der Waals surface area contributed by atoms with E-state index in [2.05, 4.69) is 14.7 Å². The van der Waals surface area contributed by atoms with Crippen molar-refractivity contribution in [2.45, 2.75) is 18.4 Å². The van der Waals surface area contributed by atoms with Crippen LogP contribution in [0.4, 0.5) is 0 Å². The van der Waals surface area contributed by atoms with Gasteiger partial charge in [-0.2, -0.15) is 0 Å². The number of pyridine rings is 2. The summed E-state index contributed by atoms with van der Waals surface area (Å²) in [5, 5.41) is 0. The van der Waals surface area contributed by atoms with Crippen molar-refractivity contribution in [2.75, 3.05) is 7.11 Å². The summed E-state index contributed by atoms with van der Waals surface area (Å²) >= 11 is 0. The first-order valence-electron chi connectivity index (χ1n) is 7.99. The highest BCUT2D eigenvalue weighted by Gasteiger charge is 2.19. The first-order chi connectivity index (χ1) is 12.5. The molecule has 3 rings (SSSR count). The molecule has 0 spiro atoms. The molecule has 26 heavy (non-hydrogen) atoms. The zero-order valence-electron chi connectivity index (χ0n) is 14.5. The third kappa shape index (κ3) is 4.07. The van der Waals surface area contributed by atoms with Crippen LogP contribution in [0.15, 0.2) is 66.0 Å². The molecule has 1 N–H and O–H groups in total. The largest absolute Gasteiger partial charge is 0.495 e. The van der Waals surface area contributed by atoms with E-state index in [1.54, 1.807) is 42.9 Å². The van der Waals surface area contributed by atoms with Gasteiger partial charge in [-0.25, -0.2) is 13.1 Å². The fourth-order valence-corrected chi connectivity index (χ4v) is 3.78. The maximum Gasteiger partial charge on any atom is 0.244 e. The molecule has 6 nitrogen and oxygen atoms in total. The second-order valence-corrected chi connectivity index (χ2v) is 7.51. The Morgan fingerprint density at radius 1 is 1.12 bits per heavy atom. The van der Waals surface area contributed by atoms with Crippen LogP contribution >= 0.6 is 0 Å². The van der Waals surface area contributed by atoms with Crippen LogP contribution in [-0.2, 0) is 16.6 Å². The minimum atomic E-state index is -3.71. The Labute approximate surface area is 153 Å². The Kier molecular flexibility index (Phi) is 5.29. The van der Waals surface area contributed by atoms with Gasteiger partial charge in [0, 0.05) is 30.7 Å². The van der Waals surface area contributed by atoms with Gasteiger partial charge in [0.2, 0.25) is 10.0 Å². The Hall–Kier alpha value is -2.77. The van der Waals surface area contributed by atoms with E-state index in [4.69, 9.17) is 4.74 Å². The van der Waals surface area contributed by atoms with Crippen LogP contribution in [0.3, 0.4) is 0 Å². The number of aryl methyl sites for hydroxylation is 1. The fraction of sp³-hybridized carbons (Fsp3) is 0.158. The summed E-state index contributed by atoms with van der Waals surface area (Å²) in [7, 11) is -2.26. The number of rotatable bonds is 6. The summed E-state index contributed by atoms with van der Waals surface area (Å²) in [5.41, 5.74) is 3.25. The molecule has 0 amide bonds. The molecular formula is C19H19N3O3S. The Bertz CT molecular complexity index is 1010. The molecule has 0 radical (unpaired) electrons. The highest BCUT2D eigenvalue weighted by Crippen LogP contribution is 2.25. The highest BCUT2D eigenvalue weighted by molar-refractivity contribution is 7.89. The van der Waals surface area contributed by atoms with Gasteiger partial charge in [0.15, 0.2) is 0 Å². The standard InChI is InChI=1S/C19H19N3O3S/c1-14-5-6-18(25-2)19(10-14)26(23,24)22-12-15-7-9-21-17(11-15)16-4-3-8-20-13-16/h3-11,13,22H,12H2,1-2H3. The van der Waals surface area contributed by atoms with Crippen LogP contribution in [0.25, 0.3) is 11.3 Å². The predicted molar refractivity (Wildman–Crippen MR) is 99.2 cm³/mol. The number of hydrogen-bond acceptors (Lipinski definition) is 5. The van der Waals surface area contributed by atoms with E-state index < -0.39 is 10.0 Å². The molecule has 2 aromatic heterocycles. The summed E-state index contributed by atoms with van der Waals surface area (Å²) in [6.07, 6.45) is 5.06. The molecule has 0 saturated carbocycles. The van der Waals surface area contributed by atoms with Gasteiger partial charge >= 0.3 is 0 Å². The minimum Gasteiger partial charge on any atom is -0.495 e. The van der Waals surface area contributed by atoms with Crippen molar-refractivity contribution in [3.63, 3.8) is 0 Å². The first-order valence-corrected chi connectivity index (χ1v) is 9.47. The lowest BCUT2D eigenvalue weighted by Gasteiger charge is -2.12. The number of methoxy groups -OCH3 is 1. The molecule has 0 aliphatic rings. The van der Waals surface area contributed by atoms with Gasteiger partial charge in [-0.3, -0.25) is 9.97 Å². The molecule has 0 saturated heterocycles. The summed E-state index contributed by atoms with van der Waals surface area (Å²) in [4.78, 5) is 8.52. The van der Waals surface area contributed by atoms with Crippen molar-refractivity contribution >= 4 is 10.0 Å². The second kappa shape index (κ2) is 7.63. The number of sulfonamides is 1. The molecule has 0 bridgehead atoms. The lowest BCUT2D eigenvalue weighted by Crippen LogP contribution is -2.24. The molecule has 7 heteroatoms. The summed E-state index contributed by atoms with van der Waals surface area (Å²) in [5.74, 6) is 0.314. The molecular weight excluding hydrogens is 350 g/mol. The summed E-state index contributed by atoms with van der Waals surface area (Å²) in [6.45, 7) is 1.98. The maximum absolute atomic E-state index is 12.7. The molecule has 0 unspecified atom stereocenters. The van der Waals surface area contributed by atoms with Crippen LogP contribution in [0, 0.1) is 6.92 Å². The number of nitrogens with zero attached hydrogens (tertiary/aromatic N) is 2. The highest BCUT2D eigenvalue weighted by atomic mass is 32.2. The SMILES string of the molecule is COc1ccc(C)cc1S(=O)(=O)NCc1ccnc(-c2cccnc2)c1. The van der Waals surface area contributed by atoms with Gasteiger partial charge in [-0.1, -0.05) is 6.07 Å². The number of ether oxygens (including phenoxy) is 1. The molecule has 1 aromatic carbocycles. The first kappa shape index (κ1) is 18.0. The zero-order chi connectivity index (χ0) is 18.6. The van der Waals surface area contributed by atoms with E-state index in [-0.39, 0.29) is 11.4 Å². The van der Waals surface area contributed by atoms with Gasteiger partial charge in [0.1, 0.15) is 10.6 Å². The van der Waals surface area contributed by atoms with Crippen LogP contribution in [0.2, 0.25) is 0 Å². The molecule has 134 valence electrons. The lowest BCUT2D eigenvalue weighted by molar-refractivity contribution is 0.402. The van der Waals surface area contributed by atoms with Gasteiger partial charge in [-0.05, 0) is 54.4 Å². The monoisotopic (exact) mass is 369 g/mol. The Balaban J connectivity index is 1.82. The average Bonchev–Trinajstić information content (AvgIpc) is 2.67. The third-order valence-electron chi connectivity index (χ3n) is 3.86. The van der Waals surface area contributed by atoms with E-state index >= 15 is 0 Å². The van der Waals surface area contributed by atoms with E-state index in [9.17, 15) is 8.42 Å². The third-order valence-corrected chi connectivity index (χ3v) is 5.28. The van der Waals surface area contributed by atoms with Crippen molar-refractivity contribution in [2.24, 2.45) is 0 Å². The number of hydrogen-bond donors (Lipinski definition) is 1. The van der Waals surface area contributed by atoms with Crippen molar-refractivity contribution < 1.29 is 13.2 Å². The summed E-state index contributed by atoms with van der Waals surface area (Å²) in [6, 6.07) is 12.4. The summed E-state index contributed by atoms with van der Waals surface area (Å²) < 4.78 is 33.2. The Morgan fingerprint density at radius 2 is 1.96 bits per heavy atom. The maximum atomic E-state index is 12.7. The van der Waals surface area contributed by atoms with E-state index in [1.165, 1.54) is 7.11 Å². The molecule has 0 aliphatic heterocycles. The van der Waals surface area contributed by atoms with Gasteiger partial charge in [0.25, 0.3) is 0 Å². The van der Waals surface area contributed by atoms with Gasteiger partial charge < -0.3 is 4.74 Å². The second-order valence-electron chi connectivity index (χ2n) is 5.77.